The first-order chi connectivity index (χ1) is 22.5. The molecule has 3 aromatic heterocycles. The third-order valence-corrected chi connectivity index (χ3v) is 6.35. The summed E-state index contributed by atoms with van der Waals surface area (Å²) in [5.74, 6) is 1.82. The number of azo groups is 1. The van der Waals surface area contributed by atoms with Crippen LogP contribution in [0.1, 0.15) is 12.8 Å². The molecule has 2 N–H and O–H groups in total. The Balaban J connectivity index is 2.10. The number of ether oxygens (including phenoxy) is 4. The maximum Gasteiger partial charge on any atom is 0.287 e. The van der Waals surface area contributed by atoms with E-state index in [9.17, 15) is 4.79 Å². The fraction of sp³-hybridized carbons (Fsp3) is 0.536. The molecule has 0 saturated heterocycles. The third-order valence-electron chi connectivity index (χ3n) is 6.35. The van der Waals surface area contributed by atoms with Crippen LogP contribution in [0.3, 0.4) is 0 Å². The standard InChI is InChI=1S/C28H43N13O5/c1-6-30-23(42)8-7-10-31-25-24(36-37-27-33-21-41(38-27)22-9-11-29-20-32-22)26(39(12-16-43-2)13-17-44-3)35-28(34-25)40(14-18-45-4)15-19-46-5/h6,9,11,20-21H,1,7-8,10,12-19H2,2-5H3,(H,30,42)(H,31,34,35). The summed E-state index contributed by atoms with van der Waals surface area (Å²) >= 11 is 0. The fourth-order valence-corrected chi connectivity index (χ4v) is 4.02. The predicted molar refractivity (Wildman–Crippen MR) is 171 cm³/mol. The SMILES string of the molecule is C=CNC(=O)CCCNc1nc(N(CCOC)CCOC)nc(N(CCOC)CCOC)c1N=Nc1ncn(-c2ccncn2)n1. The maximum absolute atomic E-state index is 12.0. The molecule has 3 rings (SSSR count). The number of carbonyl (C=O) groups is 1. The summed E-state index contributed by atoms with van der Waals surface area (Å²) in [7, 11) is 6.54. The van der Waals surface area contributed by atoms with Gasteiger partial charge in [-0.25, -0.2) is 14.6 Å². The van der Waals surface area contributed by atoms with Crippen LogP contribution in [0.4, 0.5) is 29.2 Å². The van der Waals surface area contributed by atoms with E-state index >= 15 is 0 Å². The van der Waals surface area contributed by atoms with E-state index in [4.69, 9.17) is 28.9 Å². The van der Waals surface area contributed by atoms with Crippen LogP contribution in [-0.2, 0) is 23.7 Å². The molecule has 0 bridgehead atoms. The molecule has 0 aromatic carbocycles. The van der Waals surface area contributed by atoms with Gasteiger partial charge in [-0.15, -0.1) is 15.3 Å². The van der Waals surface area contributed by atoms with Gasteiger partial charge in [0.1, 0.15) is 12.7 Å². The van der Waals surface area contributed by atoms with E-state index in [1.54, 1.807) is 40.7 Å². The Labute approximate surface area is 268 Å². The minimum absolute atomic E-state index is 0.0998. The lowest BCUT2D eigenvalue weighted by atomic mass is 10.3. The van der Waals surface area contributed by atoms with Gasteiger partial charge in [0.25, 0.3) is 5.95 Å². The van der Waals surface area contributed by atoms with Gasteiger partial charge >= 0.3 is 0 Å². The molecule has 0 aliphatic rings. The molecule has 18 nitrogen and oxygen atoms in total. The zero-order valence-electron chi connectivity index (χ0n) is 26.8. The molecule has 0 radical (unpaired) electrons. The Morgan fingerprint density at radius 1 is 0.957 bits per heavy atom. The lowest BCUT2D eigenvalue weighted by Crippen LogP contribution is -2.35. The molecule has 3 aromatic rings. The number of carbonyl (C=O) groups excluding carboxylic acids is 1. The Hall–Kier alpha value is -4.65. The van der Waals surface area contributed by atoms with Gasteiger partial charge < -0.3 is 39.4 Å². The number of hydrogen-bond acceptors (Lipinski definition) is 16. The quantitative estimate of drug-likeness (QED) is 0.113. The van der Waals surface area contributed by atoms with E-state index in [1.807, 2.05) is 9.80 Å². The van der Waals surface area contributed by atoms with Crippen LogP contribution < -0.4 is 20.4 Å². The zero-order valence-corrected chi connectivity index (χ0v) is 26.8. The van der Waals surface area contributed by atoms with E-state index in [2.05, 4.69) is 47.5 Å². The van der Waals surface area contributed by atoms with Gasteiger partial charge in [-0.05, 0) is 12.6 Å². The Bertz CT molecular complexity index is 1340. The zero-order chi connectivity index (χ0) is 33.0. The molecule has 0 fully saturated rings. The summed E-state index contributed by atoms with van der Waals surface area (Å²) in [6.45, 7) is 7.68. The third kappa shape index (κ3) is 11.4. The highest BCUT2D eigenvalue weighted by Gasteiger charge is 2.23. The molecule has 250 valence electrons. The van der Waals surface area contributed by atoms with Crippen molar-refractivity contribution in [2.45, 2.75) is 12.8 Å². The smallest absolute Gasteiger partial charge is 0.287 e. The lowest BCUT2D eigenvalue weighted by molar-refractivity contribution is -0.120. The van der Waals surface area contributed by atoms with Gasteiger partial charge in [0.2, 0.25) is 11.9 Å². The topological polar surface area (TPSA) is 192 Å². The molecule has 0 atom stereocenters. The number of anilines is 3. The number of rotatable bonds is 23. The van der Waals surface area contributed by atoms with Crippen LogP contribution in [0, 0.1) is 0 Å². The first kappa shape index (κ1) is 35.8. The molecule has 0 saturated carbocycles. The van der Waals surface area contributed by atoms with Crippen molar-refractivity contribution in [3.8, 4) is 5.82 Å². The van der Waals surface area contributed by atoms with Crippen LogP contribution >= 0.6 is 0 Å². The number of methoxy groups -OCH3 is 4. The van der Waals surface area contributed by atoms with E-state index in [1.165, 1.54) is 23.5 Å². The van der Waals surface area contributed by atoms with Crippen LogP contribution in [-0.4, -0.2) is 128 Å². The minimum atomic E-state index is -0.137. The average molecular weight is 642 g/mol. The van der Waals surface area contributed by atoms with Crippen molar-refractivity contribution in [3.63, 3.8) is 0 Å². The number of amides is 1. The first-order valence-corrected chi connectivity index (χ1v) is 14.7. The molecular formula is C28H43N13O5. The lowest BCUT2D eigenvalue weighted by Gasteiger charge is -2.28. The number of nitrogens with zero attached hydrogens (tertiary/aromatic N) is 11. The molecule has 0 unspecified atom stereocenters. The molecule has 18 heteroatoms. The molecule has 0 aliphatic heterocycles. The summed E-state index contributed by atoms with van der Waals surface area (Å²) in [6.07, 6.45) is 6.67. The number of aromatic nitrogens is 7. The predicted octanol–water partition coefficient (Wildman–Crippen LogP) is 1.91. The summed E-state index contributed by atoms with van der Waals surface area (Å²) < 4.78 is 23.0. The van der Waals surface area contributed by atoms with Crippen molar-refractivity contribution < 1.29 is 23.7 Å². The highest BCUT2D eigenvalue weighted by Crippen LogP contribution is 2.36. The second-order valence-electron chi connectivity index (χ2n) is 9.55. The highest BCUT2D eigenvalue weighted by molar-refractivity contribution is 5.77. The normalized spacial score (nSPS) is 11.1. The number of nitrogens with one attached hydrogen (secondary N) is 2. The van der Waals surface area contributed by atoms with Crippen molar-refractivity contribution >= 4 is 35.1 Å². The first-order valence-electron chi connectivity index (χ1n) is 14.7. The summed E-state index contributed by atoms with van der Waals surface area (Å²) in [5.41, 5.74) is 0.350. The largest absolute Gasteiger partial charge is 0.383 e. The van der Waals surface area contributed by atoms with E-state index in [0.29, 0.717) is 94.7 Å². The number of hydrogen-bond donors (Lipinski definition) is 2. The highest BCUT2D eigenvalue weighted by atomic mass is 16.5. The second-order valence-corrected chi connectivity index (χ2v) is 9.55. The fourth-order valence-electron chi connectivity index (χ4n) is 4.02. The van der Waals surface area contributed by atoms with Gasteiger partial charge in [-0.1, -0.05) is 6.58 Å². The van der Waals surface area contributed by atoms with Crippen LogP contribution in [0.5, 0.6) is 0 Å². The van der Waals surface area contributed by atoms with Gasteiger partial charge in [-0.3, -0.25) is 4.79 Å². The Morgan fingerprint density at radius 2 is 1.63 bits per heavy atom. The van der Waals surface area contributed by atoms with Crippen LogP contribution in [0.2, 0.25) is 0 Å². The summed E-state index contributed by atoms with van der Waals surface area (Å²) in [5, 5.41) is 19.2. The molecule has 0 aliphatic carbocycles. The second kappa shape index (κ2) is 20.4. The van der Waals surface area contributed by atoms with Crippen molar-refractivity contribution in [3.05, 3.63) is 37.7 Å². The Morgan fingerprint density at radius 3 is 2.24 bits per heavy atom. The minimum Gasteiger partial charge on any atom is -0.383 e. The monoisotopic (exact) mass is 641 g/mol. The summed E-state index contributed by atoms with van der Waals surface area (Å²) in [6, 6.07) is 1.69. The van der Waals surface area contributed by atoms with Gasteiger partial charge in [0.05, 0.1) is 26.4 Å². The van der Waals surface area contributed by atoms with E-state index in [-0.39, 0.29) is 18.3 Å². The maximum atomic E-state index is 12.0. The van der Waals surface area contributed by atoms with Crippen molar-refractivity contribution in [2.24, 2.45) is 10.2 Å². The molecular weight excluding hydrogens is 598 g/mol. The van der Waals surface area contributed by atoms with Gasteiger partial charge in [0, 0.05) is 79.8 Å². The average Bonchev–Trinajstić information content (AvgIpc) is 3.56. The Kier molecular flexibility index (Phi) is 15.9. The molecule has 1 amide bonds. The molecule has 3 heterocycles. The van der Waals surface area contributed by atoms with E-state index in [0.717, 1.165) is 0 Å². The van der Waals surface area contributed by atoms with Crippen LogP contribution in [0.15, 0.2) is 47.9 Å². The summed E-state index contributed by atoms with van der Waals surface area (Å²) in [4.78, 5) is 38.2. The van der Waals surface area contributed by atoms with Crippen molar-refractivity contribution in [1.82, 2.24) is 40.0 Å². The van der Waals surface area contributed by atoms with E-state index < -0.39 is 0 Å². The van der Waals surface area contributed by atoms with Gasteiger partial charge in [0.15, 0.2) is 23.1 Å². The van der Waals surface area contributed by atoms with Crippen molar-refractivity contribution in [1.29, 1.82) is 0 Å². The van der Waals surface area contributed by atoms with Crippen molar-refractivity contribution in [2.75, 3.05) is 103 Å². The molecule has 0 spiro atoms. The van der Waals surface area contributed by atoms with Crippen LogP contribution in [0.25, 0.3) is 5.82 Å². The molecule has 46 heavy (non-hydrogen) atoms. The van der Waals surface area contributed by atoms with Gasteiger partial charge in [-0.2, -0.15) is 15.0 Å².